The average molecular weight is 499 g/mol. The Morgan fingerprint density at radius 3 is 2.31 bits per heavy atom. The minimum Gasteiger partial charge on any atom is -0.480 e. The zero-order chi connectivity index (χ0) is 26.5. The lowest BCUT2D eigenvalue weighted by molar-refractivity contribution is -0.150. The molecule has 1 rings (SSSR count). The third-order valence-electron chi connectivity index (χ3n) is 5.94. The van der Waals surface area contributed by atoms with Crippen LogP contribution in [-0.2, 0) is 19.2 Å². The summed E-state index contributed by atoms with van der Waals surface area (Å²) in [6.07, 6.45) is 3.38. The standard InChI is InChI=1S/C22H42N8O5/c1-13(2)17(20(33)30-12-6-9-16(30)21(34)35)29-19(32)15(8-5-11-27-22(25)26)28-18(31)14(24)7-3-4-10-23/h13-17H,3-12,23-24H2,1-2H3,(H,28,31)(H,29,32)(H,34,35)(H4,25,26,27). The van der Waals surface area contributed by atoms with Gasteiger partial charge in [-0.05, 0) is 51.0 Å². The highest BCUT2D eigenvalue weighted by Gasteiger charge is 2.39. The Hall–Kier alpha value is -2.93. The molecular weight excluding hydrogens is 456 g/mol. The van der Waals surface area contributed by atoms with E-state index in [0.717, 1.165) is 6.42 Å². The minimum absolute atomic E-state index is 0.0824. The van der Waals surface area contributed by atoms with E-state index in [2.05, 4.69) is 15.6 Å². The molecule has 0 bridgehead atoms. The molecule has 11 N–H and O–H groups in total. The molecule has 200 valence electrons. The van der Waals surface area contributed by atoms with E-state index in [0.29, 0.717) is 45.2 Å². The third-order valence-corrected chi connectivity index (χ3v) is 5.94. The predicted molar refractivity (Wildman–Crippen MR) is 132 cm³/mol. The van der Waals surface area contributed by atoms with Crippen molar-refractivity contribution in [3.63, 3.8) is 0 Å². The summed E-state index contributed by atoms with van der Waals surface area (Å²) in [5.41, 5.74) is 22.1. The first-order valence-corrected chi connectivity index (χ1v) is 12.1. The topological polar surface area (TPSA) is 232 Å². The molecule has 13 nitrogen and oxygen atoms in total. The quantitative estimate of drug-likeness (QED) is 0.0765. The van der Waals surface area contributed by atoms with Crippen LogP contribution in [0.25, 0.3) is 0 Å². The molecule has 0 spiro atoms. The Morgan fingerprint density at radius 2 is 1.74 bits per heavy atom. The van der Waals surface area contributed by atoms with Crippen LogP contribution in [0, 0.1) is 5.92 Å². The molecule has 13 heteroatoms. The summed E-state index contributed by atoms with van der Waals surface area (Å²) in [6.45, 7) is 4.58. The van der Waals surface area contributed by atoms with Crippen molar-refractivity contribution >= 4 is 29.7 Å². The van der Waals surface area contributed by atoms with Crippen LogP contribution in [0.5, 0.6) is 0 Å². The van der Waals surface area contributed by atoms with Crippen molar-refractivity contribution in [2.45, 2.75) is 83.0 Å². The Bertz CT molecular complexity index is 756. The Kier molecular flexibility index (Phi) is 13.0. The van der Waals surface area contributed by atoms with Gasteiger partial charge >= 0.3 is 5.97 Å². The van der Waals surface area contributed by atoms with Gasteiger partial charge in [-0.25, -0.2) is 4.79 Å². The van der Waals surface area contributed by atoms with Gasteiger partial charge in [-0.15, -0.1) is 0 Å². The number of nitrogens with two attached hydrogens (primary N) is 4. The van der Waals surface area contributed by atoms with Crippen LogP contribution >= 0.6 is 0 Å². The second-order valence-electron chi connectivity index (χ2n) is 9.16. The van der Waals surface area contributed by atoms with Gasteiger partial charge in [0, 0.05) is 13.1 Å². The fraction of sp³-hybridized carbons (Fsp3) is 0.773. The Morgan fingerprint density at radius 1 is 1.06 bits per heavy atom. The molecular formula is C22H42N8O5. The van der Waals surface area contributed by atoms with Crippen LogP contribution in [0.15, 0.2) is 4.99 Å². The van der Waals surface area contributed by atoms with E-state index in [-0.39, 0.29) is 24.8 Å². The summed E-state index contributed by atoms with van der Waals surface area (Å²) in [4.78, 5) is 55.7. The maximum Gasteiger partial charge on any atom is 0.326 e. The van der Waals surface area contributed by atoms with Gasteiger partial charge in [0.1, 0.15) is 18.1 Å². The zero-order valence-corrected chi connectivity index (χ0v) is 20.7. The first-order chi connectivity index (χ1) is 16.5. The number of unbranched alkanes of at least 4 members (excludes halogenated alkanes) is 1. The summed E-state index contributed by atoms with van der Waals surface area (Å²) in [5, 5.41) is 14.8. The number of carboxylic acids is 1. The van der Waals surface area contributed by atoms with Crippen LogP contribution in [0.2, 0.25) is 0 Å². The highest BCUT2D eigenvalue weighted by Crippen LogP contribution is 2.20. The smallest absolute Gasteiger partial charge is 0.326 e. The van der Waals surface area contributed by atoms with Gasteiger partial charge in [-0.2, -0.15) is 0 Å². The van der Waals surface area contributed by atoms with E-state index < -0.39 is 47.9 Å². The van der Waals surface area contributed by atoms with E-state index in [1.54, 1.807) is 13.8 Å². The number of amides is 3. The first-order valence-electron chi connectivity index (χ1n) is 12.1. The molecule has 3 amide bonds. The van der Waals surface area contributed by atoms with E-state index >= 15 is 0 Å². The van der Waals surface area contributed by atoms with Crippen LogP contribution in [0.3, 0.4) is 0 Å². The number of carbonyl (C=O) groups is 4. The van der Waals surface area contributed by atoms with Crippen LogP contribution < -0.4 is 33.6 Å². The second-order valence-corrected chi connectivity index (χ2v) is 9.16. The Labute approximate surface area is 206 Å². The van der Waals surface area contributed by atoms with Crippen molar-refractivity contribution in [1.82, 2.24) is 15.5 Å². The highest BCUT2D eigenvalue weighted by molar-refractivity contribution is 5.94. The maximum absolute atomic E-state index is 13.2. The lowest BCUT2D eigenvalue weighted by Gasteiger charge is -2.30. The van der Waals surface area contributed by atoms with Crippen molar-refractivity contribution in [2.24, 2.45) is 33.8 Å². The molecule has 1 aliphatic heterocycles. The lowest BCUT2D eigenvalue weighted by Crippen LogP contribution is -2.58. The van der Waals surface area contributed by atoms with Gasteiger partial charge in [0.15, 0.2) is 5.96 Å². The van der Waals surface area contributed by atoms with E-state index in [1.165, 1.54) is 4.90 Å². The molecule has 0 aromatic rings. The fourth-order valence-electron chi connectivity index (χ4n) is 3.92. The number of rotatable bonds is 15. The lowest BCUT2D eigenvalue weighted by atomic mass is 10.0. The van der Waals surface area contributed by atoms with Gasteiger partial charge in [0.05, 0.1) is 6.04 Å². The number of hydrogen-bond acceptors (Lipinski definition) is 7. The predicted octanol–water partition coefficient (Wildman–Crippen LogP) is -1.80. The van der Waals surface area contributed by atoms with Crippen molar-refractivity contribution < 1.29 is 24.3 Å². The van der Waals surface area contributed by atoms with Crippen molar-refractivity contribution in [3.05, 3.63) is 0 Å². The largest absolute Gasteiger partial charge is 0.480 e. The van der Waals surface area contributed by atoms with Crippen molar-refractivity contribution in [1.29, 1.82) is 0 Å². The molecule has 0 aromatic heterocycles. The van der Waals surface area contributed by atoms with Crippen molar-refractivity contribution in [3.8, 4) is 0 Å². The minimum atomic E-state index is -1.07. The Balaban J connectivity index is 2.94. The number of guanidine groups is 1. The molecule has 0 aromatic carbocycles. The summed E-state index contributed by atoms with van der Waals surface area (Å²) < 4.78 is 0. The normalized spacial score (nSPS) is 18.0. The molecule has 1 saturated heterocycles. The maximum atomic E-state index is 13.2. The summed E-state index contributed by atoms with van der Waals surface area (Å²) in [6, 6.07) is -3.64. The number of hydrogen-bond donors (Lipinski definition) is 7. The summed E-state index contributed by atoms with van der Waals surface area (Å²) in [7, 11) is 0. The molecule has 0 saturated carbocycles. The molecule has 1 aliphatic rings. The third kappa shape index (κ3) is 10.1. The van der Waals surface area contributed by atoms with Gasteiger partial charge < -0.3 is 43.6 Å². The number of likely N-dealkylation sites (tertiary alicyclic amines) is 1. The SMILES string of the molecule is CC(C)C(NC(=O)C(CCCN=C(N)N)NC(=O)C(N)CCCCN)C(=O)N1CCCC1C(=O)O. The number of nitrogens with one attached hydrogen (secondary N) is 2. The summed E-state index contributed by atoms with van der Waals surface area (Å²) >= 11 is 0. The molecule has 0 radical (unpaired) electrons. The molecule has 1 heterocycles. The second kappa shape index (κ2) is 15.1. The molecule has 35 heavy (non-hydrogen) atoms. The van der Waals surface area contributed by atoms with E-state index in [4.69, 9.17) is 22.9 Å². The molecule has 1 fully saturated rings. The number of nitrogens with zero attached hydrogens (tertiary/aromatic N) is 2. The van der Waals surface area contributed by atoms with Crippen LogP contribution in [0.1, 0.15) is 58.8 Å². The van der Waals surface area contributed by atoms with Gasteiger partial charge in [0.2, 0.25) is 17.7 Å². The van der Waals surface area contributed by atoms with E-state index in [9.17, 15) is 24.3 Å². The number of aliphatic carboxylic acids is 1. The molecule has 0 aliphatic carbocycles. The average Bonchev–Trinajstić information content (AvgIpc) is 3.28. The fourth-order valence-corrected chi connectivity index (χ4v) is 3.92. The zero-order valence-electron chi connectivity index (χ0n) is 20.7. The number of carboxylic acid groups (broad SMARTS) is 1. The van der Waals surface area contributed by atoms with Gasteiger partial charge in [-0.1, -0.05) is 20.3 Å². The van der Waals surface area contributed by atoms with Crippen LogP contribution in [0.4, 0.5) is 0 Å². The summed E-state index contributed by atoms with van der Waals surface area (Å²) in [5.74, 6) is -2.96. The molecule has 4 atom stereocenters. The number of aliphatic imine (C=N–C) groups is 1. The highest BCUT2D eigenvalue weighted by atomic mass is 16.4. The van der Waals surface area contributed by atoms with Crippen molar-refractivity contribution in [2.75, 3.05) is 19.6 Å². The first kappa shape index (κ1) is 30.1. The monoisotopic (exact) mass is 498 g/mol. The van der Waals surface area contributed by atoms with Crippen LogP contribution in [-0.4, -0.2) is 83.5 Å². The van der Waals surface area contributed by atoms with Gasteiger partial charge in [-0.3, -0.25) is 19.4 Å². The van der Waals surface area contributed by atoms with Gasteiger partial charge in [0.25, 0.3) is 0 Å². The van der Waals surface area contributed by atoms with E-state index in [1.807, 2.05) is 0 Å². The molecule has 4 unspecified atom stereocenters. The number of carbonyl (C=O) groups excluding carboxylic acids is 3.